The Kier molecular flexibility index (Phi) is 5.35. The number of hydrogen-bond donors (Lipinski definition) is 2. The number of aromatic nitrogens is 1. The first-order chi connectivity index (χ1) is 8.71. The lowest BCUT2D eigenvalue weighted by Crippen LogP contribution is -2.55. The molecule has 2 N–H and O–H groups in total. The zero-order chi connectivity index (χ0) is 14.7. The number of thiazole rings is 1. The van der Waals surface area contributed by atoms with Crippen LogP contribution in [0.4, 0.5) is 5.13 Å². The Morgan fingerprint density at radius 3 is 2.32 bits per heavy atom. The van der Waals surface area contributed by atoms with Gasteiger partial charge in [0.25, 0.3) is 0 Å². The number of nitrogens with zero attached hydrogens (tertiary/aromatic N) is 2. The Morgan fingerprint density at radius 2 is 1.84 bits per heavy atom. The minimum absolute atomic E-state index is 0.341. The summed E-state index contributed by atoms with van der Waals surface area (Å²) >= 11 is 1.71. The van der Waals surface area contributed by atoms with Crippen LogP contribution < -0.4 is 10.2 Å². The van der Waals surface area contributed by atoms with E-state index in [9.17, 15) is 5.11 Å². The van der Waals surface area contributed by atoms with Gasteiger partial charge in [-0.15, -0.1) is 11.3 Å². The quantitative estimate of drug-likeness (QED) is 0.808. The number of aliphatic hydroxyl groups is 1. The van der Waals surface area contributed by atoms with Gasteiger partial charge in [-0.3, -0.25) is 0 Å². The van der Waals surface area contributed by atoms with Crippen LogP contribution >= 0.6 is 11.3 Å². The Balaban J connectivity index is 2.65. The minimum atomic E-state index is -0.764. The first-order valence-corrected chi connectivity index (χ1v) is 7.70. The van der Waals surface area contributed by atoms with Crippen LogP contribution in [0.15, 0.2) is 6.20 Å². The van der Waals surface area contributed by atoms with Crippen LogP contribution in [0.2, 0.25) is 0 Å². The topological polar surface area (TPSA) is 48.4 Å². The summed E-state index contributed by atoms with van der Waals surface area (Å²) in [6.07, 6.45) is 1.92. The lowest BCUT2D eigenvalue weighted by molar-refractivity contribution is -0.00520. The van der Waals surface area contributed by atoms with E-state index in [1.54, 1.807) is 11.3 Å². The minimum Gasteiger partial charge on any atom is -0.389 e. The van der Waals surface area contributed by atoms with E-state index in [1.807, 2.05) is 33.9 Å². The molecule has 0 spiro atoms. The van der Waals surface area contributed by atoms with Crippen molar-refractivity contribution in [3.05, 3.63) is 11.1 Å². The van der Waals surface area contributed by atoms with Gasteiger partial charge >= 0.3 is 0 Å². The zero-order valence-corrected chi connectivity index (χ0v) is 13.8. The Bertz CT molecular complexity index is 392. The van der Waals surface area contributed by atoms with E-state index >= 15 is 0 Å². The van der Waals surface area contributed by atoms with E-state index < -0.39 is 5.60 Å². The van der Waals surface area contributed by atoms with Crippen molar-refractivity contribution in [3.8, 4) is 0 Å². The Morgan fingerprint density at radius 1 is 1.26 bits per heavy atom. The molecular weight excluding hydrogens is 258 g/mol. The molecule has 0 unspecified atom stereocenters. The van der Waals surface area contributed by atoms with Gasteiger partial charge in [0.1, 0.15) is 0 Å². The fourth-order valence-electron chi connectivity index (χ4n) is 1.54. The molecule has 0 saturated heterocycles. The molecule has 0 bridgehead atoms. The van der Waals surface area contributed by atoms with Gasteiger partial charge in [-0.25, -0.2) is 4.98 Å². The highest BCUT2D eigenvalue weighted by Crippen LogP contribution is 2.25. The molecule has 0 fully saturated rings. The normalized spacial score (nSPS) is 12.8. The predicted octanol–water partition coefficient (Wildman–Crippen LogP) is 2.63. The molecule has 0 amide bonds. The first kappa shape index (κ1) is 16.4. The third kappa shape index (κ3) is 4.16. The van der Waals surface area contributed by atoms with Crippen molar-refractivity contribution in [1.82, 2.24) is 10.3 Å². The maximum Gasteiger partial charge on any atom is 0.185 e. The van der Waals surface area contributed by atoms with Gasteiger partial charge in [0.15, 0.2) is 5.13 Å². The highest BCUT2D eigenvalue weighted by molar-refractivity contribution is 7.15. The first-order valence-electron chi connectivity index (χ1n) is 6.88. The van der Waals surface area contributed by atoms with Gasteiger partial charge in [0, 0.05) is 36.2 Å². The molecule has 0 atom stereocenters. The van der Waals surface area contributed by atoms with Crippen molar-refractivity contribution in [2.24, 2.45) is 0 Å². The summed E-state index contributed by atoms with van der Waals surface area (Å²) in [7, 11) is 0. The predicted molar refractivity (Wildman–Crippen MR) is 82.9 cm³/mol. The molecule has 110 valence electrons. The van der Waals surface area contributed by atoms with Crippen molar-refractivity contribution in [2.45, 2.75) is 59.2 Å². The molecule has 1 heterocycles. The third-order valence-electron chi connectivity index (χ3n) is 3.81. The monoisotopic (exact) mass is 285 g/mol. The molecule has 0 radical (unpaired) electrons. The van der Waals surface area contributed by atoms with Crippen molar-refractivity contribution in [1.29, 1.82) is 0 Å². The highest BCUT2D eigenvalue weighted by Gasteiger charge is 2.34. The molecule has 19 heavy (non-hydrogen) atoms. The lowest BCUT2D eigenvalue weighted by Gasteiger charge is -2.38. The molecule has 0 aliphatic heterocycles. The molecular formula is C14H27N3OS. The molecule has 1 aromatic heterocycles. The van der Waals surface area contributed by atoms with Gasteiger partial charge in [-0.05, 0) is 41.5 Å². The van der Waals surface area contributed by atoms with Gasteiger partial charge in [0.05, 0.1) is 5.60 Å². The maximum atomic E-state index is 10.1. The average Bonchev–Trinajstić information content (AvgIpc) is 2.75. The van der Waals surface area contributed by atoms with Crippen LogP contribution in [0.5, 0.6) is 0 Å². The molecule has 1 rings (SSSR count). The van der Waals surface area contributed by atoms with E-state index in [2.05, 4.69) is 29.0 Å². The molecule has 0 aromatic carbocycles. The highest BCUT2D eigenvalue weighted by atomic mass is 32.1. The number of hydrogen-bond acceptors (Lipinski definition) is 5. The summed E-state index contributed by atoms with van der Waals surface area (Å²) < 4.78 is 0. The second-order valence-corrected chi connectivity index (χ2v) is 6.91. The summed E-state index contributed by atoms with van der Waals surface area (Å²) in [6, 6.07) is 0. The maximum absolute atomic E-state index is 10.1. The van der Waals surface area contributed by atoms with Crippen LogP contribution in [0.3, 0.4) is 0 Å². The van der Waals surface area contributed by atoms with E-state index in [0.717, 1.165) is 24.8 Å². The lowest BCUT2D eigenvalue weighted by atomic mass is 9.86. The summed E-state index contributed by atoms with van der Waals surface area (Å²) in [5.74, 6) is 0. The Labute approximate surface area is 120 Å². The fraction of sp³-hybridized carbons (Fsp3) is 0.786. The molecule has 0 aliphatic carbocycles. The summed E-state index contributed by atoms with van der Waals surface area (Å²) in [4.78, 5) is 7.90. The van der Waals surface area contributed by atoms with Crippen LogP contribution in [0.25, 0.3) is 0 Å². The number of anilines is 1. The zero-order valence-electron chi connectivity index (χ0n) is 12.9. The summed E-state index contributed by atoms with van der Waals surface area (Å²) in [6.45, 7) is 14.6. The second kappa shape index (κ2) is 6.20. The summed E-state index contributed by atoms with van der Waals surface area (Å²) in [5, 5.41) is 14.6. The van der Waals surface area contributed by atoms with Gasteiger partial charge in [-0.1, -0.05) is 0 Å². The fourth-order valence-corrected chi connectivity index (χ4v) is 2.52. The van der Waals surface area contributed by atoms with E-state index in [-0.39, 0.29) is 5.54 Å². The average molecular weight is 285 g/mol. The van der Waals surface area contributed by atoms with Crippen molar-refractivity contribution < 1.29 is 5.11 Å². The van der Waals surface area contributed by atoms with Crippen molar-refractivity contribution in [3.63, 3.8) is 0 Å². The molecule has 1 aromatic rings. The van der Waals surface area contributed by atoms with Gasteiger partial charge < -0.3 is 15.3 Å². The SMILES string of the molecule is CCN(CC)c1ncc(CNC(C)(C)C(C)(C)O)s1. The van der Waals surface area contributed by atoms with E-state index in [1.165, 1.54) is 4.88 Å². The van der Waals surface area contributed by atoms with Crippen LogP contribution in [0, 0.1) is 0 Å². The number of rotatable bonds is 7. The molecule has 0 aliphatic rings. The summed E-state index contributed by atoms with van der Waals surface area (Å²) in [5.41, 5.74) is -1.11. The molecule has 4 nitrogen and oxygen atoms in total. The van der Waals surface area contributed by atoms with Crippen LogP contribution in [-0.4, -0.2) is 34.3 Å². The van der Waals surface area contributed by atoms with Crippen LogP contribution in [0.1, 0.15) is 46.4 Å². The number of nitrogens with one attached hydrogen (secondary N) is 1. The standard InChI is InChI=1S/C14H27N3OS/c1-7-17(8-2)12-15-9-11(19-12)10-16-13(3,4)14(5,6)18/h9,16,18H,7-8,10H2,1-6H3. The molecule has 0 saturated carbocycles. The van der Waals surface area contributed by atoms with Gasteiger partial charge in [-0.2, -0.15) is 0 Å². The smallest absolute Gasteiger partial charge is 0.185 e. The second-order valence-electron chi connectivity index (χ2n) is 5.82. The molecule has 5 heteroatoms. The third-order valence-corrected chi connectivity index (χ3v) is 4.87. The van der Waals surface area contributed by atoms with E-state index in [0.29, 0.717) is 0 Å². The van der Waals surface area contributed by atoms with Gasteiger partial charge in [0.2, 0.25) is 0 Å². The van der Waals surface area contributed by atoms with E-state index in [4.69, 9.17) is 0 Å². The van der Waals surface area contributed by atoms with Crippen molar-refractivity contribution in [2.75, 3.05) is 18.0 Å². The van der Waals surface area contributed by atoms with Crippen LogP contribution in [-0.2, 0) is 6.54 Å². The van der Waals surface area contributed by atoms with Crippen molar-refractivity contribution >= 4 is 16.5 Å². The Hall–Kier alpha value is -0.650. The largest absolute Gasteiger partial charge is 0.389 e.